The van der Waals surface area contributed by atoms with Crippen LogP contribution in [0.15, 0.2) is 46.9 Å². The van der Waals surface area contributed by atoms with Crippen LogP contribution in [0.1, 0.15) is 30.9 Å². The highest BCUT2D eigenvalue weighted by atomic mass is 79.9. The topological polar surface area (TPSA) is 98.5 Å². The molecule has 2 aromatic carbocycles. The Balaban J connectivity index is 2.22. The maximum absolute atomic E-state index is 11.9. The van der Waals surface area contributed by atoms with Crippen LogP contribution in [0.4, 0.5) is 5.69 Å². The van der Waals surface area contributed by atoms with Crippen molar-refractivity contribution in [3.63, 3.8) is 0 Å². The second-order valence-electron chi connectivity index (χ2n) is 5.76. The molecule has 0 unspecified atom stereocenters. The summed E-state index contributed by atoms with van der Waals surface area (Å²) in [4.78, 5) is 34.1. The molecule has 0 bridgehead atoms. The van der Waals surface area contributed by atoms with Crippen LogP contribution in [-0.2, 0) is 22.6 Å². The van der Waals surface area contributed by atoms with Gasteiger partial charge in [0.25, 0.3) is 5.69 Å². The molecule has 0 aromatic heterocycles. The van der Waals surface area contributed by atoms with Crippen LogP contribution in [0.3, 0.4) is 0 Å². The van der Waals surface area contributed by atoms with E-state index in [1.165, 1.54) is 6.07 Å². The number of nitro groups is 1. The van der Waals surface area contributed by atoms with E-state index >= 15 is 0 Å². The zero-order valence-corrected chi connectivity index (χ0v) is 16.3. The number of amides is 2. The first kappa shape index (κ1) is 20.6. The molecule has 0 fully saturated rings. The zero-order chi connectivity index (χ0) is 19.8. The maximum atomic E-state index is 11.9. The number of benzene rings is 2. The Morgan fingerprint density at radius 1 is 1.19 bits per heavy atom. The third-order valence-corrected chi connectivity index (χ3v) is 4.24. The first-order valence-corrected chi connectivity index (χ1v) is 9.16. The summed E-state index contributed by atoms with van der Waals surface area (Å²) in [7, 11) is 0. The molecule has 2 rings (SSSR count). The number of nitro benzene ring substituents is 1. The molecule has 0 saturated heterocycles. The molecule has 7 nitrogen and oxygen atoms in total. The predicted octanol–water partition coefficient (Wildman–Crippen LogP) is 3.92. The van der Waals surface area contributed by atoms with E-state index in [2.05, 4.69) is 21.2 Å². The maximum Gasteiger partial charge on any atom is 0.277 e. The minimum absolute atomic E-state index is 0.0596. The van der Waals surface area contributed by atoms with Crippen molar-refractivity contribution in [2.75, 3.05) is 0 Å². The SMILES string of the molecule is CCC(=O)NC(=O)CCc1c(OCc2ccccc2)cc(Br)cc1[N+](=O)[O-]. The number of rotatable bonds is 8. The van der Waals surface area contributed by atoms with Crippen LogP contribution >= 0.6 is 15.9 Å². The molecule has 0 saturated carbocycles. The van der Waals surface area contributed by atoms with Crippen molar-refractivity contribution in [3.8, 4) is 5.75 Å². The van der Waals surface area contributed by atoms with Crippen molar-refractivity contribution in [3.05, 3.63) is 68.2 Å². The molecule has 0 heterocycles. The average Bonchev–Trinajstić information content (AvgIpc) is 2.65. The lowest BCUT2D eigenvalue weighted by molar-refractivity contribution is -0.385. The number of nitrogens with zero attached hydrogens (tertiary/aromatic N) is 1. The molecule has 0 atom stereocenters. The van der Waals surface area contributed by atoms with Crippen molar-refractivity contribution in [1.82, 2.24) is 5.32 Å². The van der Waals surface area contributed by atoms with Crippen LogP contribution < -0.4 is 10.1 Å². The van der Waals surface area contributed by atoms with Crippen molar-refractivity contribution >= 4 is 33.4 Å². The monoisotopic (exact) mass is 434 g/mol. The summed E-state index contributed by atoms with van der Waals surface area (Å²) in [6.07, 6.45) is 0.210. The Hall–Kier alpha value is -2.74. The number of halogens is 1. The van der Waals surface area contributed by atoms with E-state index in [9.17, 15) is 19.7 Å². The molecule has 0 spiro atoms. The Bertz CT molecular complexity index is 839. The van der Waals surface area contributed by atoms with Gasteiger partial charge in [-0.05, 0) is 18.1 Å². The lowest BCUT2D eigenvalue weighted by Gasteiger charge is -2.13. The fraction of sp³-hybridized carbons (Fsp3) is 0.263. The Morgan fingerprint density at radius 3 is 2.52 bits per heavy atom. The van der Waals surface area contributed by atoms with E-state index in [0.29, 0.717) is 15.8 Å². The van der Waals surface area contributed by atoms with E-state index < -0.39 is 10.8 Å². The third kappa shape index (κ3) is 6.18. The number of imide groups is 1. The Morgan fingerprint density at radius 2 is 1.89 bits per heavy atom. The zero-order valence-electron chi connectivity index (χ0n) is 14.7. The van der Waals surface area contributed by atoms with Crippen molar-refractivity contribution in [1.29, 1.82) is 0 Å². The second kappa shape index (κ2) is 9.82. The van der Waals surface area contributed by atoms with Gasteiger partial charge in [0.05, 0.1) is 10.5 Å². The van der Waals surface area contributed by atoms with Crippen LogP contribution in [0, 0.1) is 10.1 Å². The highest BCUT2D eigenvalue weighted by Gasteiger charge is 2.21. The van der Waals surface area contributed by atoms with Gasteiger partial charge in [0.2, 0.25) is 11.8 Å². The van der Waals surface area contributed by atoms with Crippen LogP contribution in [0.5, 0.6) is 5.75 Å². The standard InChI is InChI=1S/C19H19BrN2O5/c1-2-18(23)21-19(24)9-8-15-16(22(25)26)10-14(20)11-17(15)27-12-13-6-4-3-5-7-13/h3-7,10-11H,2,8-9,12H2,1H3,(H,21,23,24). The summed E-state index contributed by atoms with van der Waals surface area (Å²) in [5, 5.41) is 13.7. The Labute approximate surface area is 165 Å². The van der Waals surface area contributed by atoms with Gasteiger partial charge in [0.1, 0.15) is 12.4 Å². The van der Waals surface area contributed by atoms with E-state index in [0.717, 1.165) is 5.56 Å². The normalized spacial score (nSPS) is 10.3. The number of carbonyl (C=O) groups excluding carboxylic acids is 2. The minimum Gasteiger partial charge on any atom is -0.488 e. The summed E-state index contributed by atoms with van der Waals surface area (Å²) in [6, 6.07) is 12.4. The summed E-state index contributed by atoms with van der Waals surface area (Å²) in [5.74, 6) is -0.534. The smallest absolute Gasteiger partial charge is 0.277 e. The second-order valence-corrected chi connectivity index (χ2v) is 6.67. The Kier molecular flexibility index (Phi) is 7.48. The lowest BCUT2D eigenvalue weighted by Crippen LogP contribution is -2.29. The number of hydrogen-bond donors (Lipinski definition) is 1. The van der Waals surface area contributed by atoms with Gasteiger partial charge >= 0.3 is 0 Å². The molecule has 8 heteroatoms. The van der Waals surface area contributed by atoms with Gasteiger partial charge in [-0.25, -0.2) is 0 Å². The van der Waals surface area contributed by atoms with Gasteiger partial charge in [-0.15, -0.1) is 0 Å². The number of hydrogen-bond acceptors (Lipinski definition) is 5. The van der Waals surface area contributed by atoms with Gasteiger partial charge in [0.15, 0.2) is 0 Å². The van der Waals surface area contributed by atoms with Gasteiger partial charge in [-0.3, -0.25) is 25.0 Å². The summed E-state index contributed by atoms with van der Waals surface area (Å²) < 4.78 is 6.30. The summed E-state index contributed by atoms with van der Waals surface area (Å²) >= 11 is 3.26. The molecular weight excluding hydrogens is 416 g/mol. The number of nitrogens with one attached hydrogen (secondary N) is 1. The molecule has 2 aromatic rings. The first-order chi connectivity index (χ1) is 12.9. The molecule has 2 amide bonds. The molecule has 0 aliphatic heterocycles. The van der Waals surface area contributed by atoms with Crippen molar-refractivity contribution < 1.29 is 19.2 Å². The fourth-order valence-corrected chi connectivity index (χ4v) is 2.85. The van der Waals surface area contributed by atoms with Crippen LogP contribution in [0.2, 0.25) is 0 Å². The van der Waals surface area contributed by atoms with Crippen LogP contribution in [0.25, 0.3) is 0 Å². The molecule has 142 valence electrons. The molecule has 0 aliphatic rings. The molecule has 1 N–H and O–H groups in total. The lowest BCUT2D eigenvalue weighted by atomic mass is 10.1. The third-order valence-electron chi connectivity index (χ3n) is 3.79. The molecule has 27 heavy (non-hydrogen) atoms. The number of carbonyl (C=O) groups is 2. The van der Waals surface area contributed by atoms with E-state index in [1.807, 2.05) is 30.3 Å². The minimum atomic E-state index is -0.509. The quantitative estimate of drug-likeness (QED) is 0.501. The average molecular weight is 435 g/mol. The van der Waals surface area contributed by atoms with Gasteiger partial charge < -0.3 is 4.74 Å². The van der Waals surface area contributed by atoms with Gasteiger partial charge in [-0.1, -0.05) is 53.2 Å². The molecular formula is C19H19BrN2O5. The molecule has 0 radical (unpaired) electrons. The largest absolute Gasteiger partial charge is 0.488 e. The van der Waals surface area contributed by atoms with Gasteiger partial charge in [-0.2, -0.15) is 0 Å². The molecule has 0 aliphatic carbocycles. The highest BCUT2D eigenvalue weighted by Crippen LogP contribution is 2.34. The van der Waals surface area contributed by atoms with Crippen molar-refractivity contribution in [2.45, 2.75) is 32.8 Å². The van der Waals surface area contributed by atoms with Crippen molar-refractivity contribution in [2.24, 2.45) is 0 Å². The summed E-state index contributed by atoms with van der Waals surface area (Å²) in [5.41, 5.74) is 1.10. The first-order valence-electron chi connectivity index (χ1n) is 8.37. The van der Waals surface area contributed by atoms with E-state index in [1.54, 1.807) is 13.0 Å². The van der Waals surface area contributed by atoms with E-state index in [4.69, 9.17) is 4.74 Å². The van der Waals surface area contributed by atoms with E-state index in [-0.39, 0.29) is 37.5 Å². The van der Waals surface area contributed by atoms with Crippen LogP contribution in [-0.4, -0.2) is 16.7 Å². The fourth-order valence-electron chi connectivity index (χ4n) is 2.42. The predicted molar refractivity (Wildman–Crippen MR) is 103 cm³/mol. The highest BCUT2D eigenvalue weighted by molar-refractivity contribution is 9.10. The number of ether oxygens (including phenoxy) is 1. The summed E-state index contributed by atoms with van der Waals surface area (Å²) in [6.45, 7) is 1.87. The van der Waals surface area contributed by atoms with Gasteiger partial charge in [0, 0.05) is 23.4 Å².